The van der Waals surface area contributed by atoms with E-state index in [0.29, 0.717) is 9.23 Å². The predicted octanol–water partition coefficient (Wildman–Crippen LogP) is 4.14. The maximum absolute atomic E-state index is 12.7. The van der Waals surface area contributed by atoms with Crippen LogP contribution in [0.15, 0.2) is 57.8 Å². The zero-order valence-electron chi connectivity index (χ0n) is 18.1. The van der Waals surface area contributed by atoms with Gasteiger partial charge < -0.3 is 0 Å². The topological polar surface area (TPSA) is 91.4 Å². The van der Waals surface area contributed by atoms with E-state index in [1.165, 1.54) is 39.8 Å². The molecule has 0 bridgehead atoms. The van der Waals surface area contributed by atoms with Crippen molar-refractivity contribution < 1.29 is 14.4 Å². The number of benzene rings is 2. The normalized spacial score (nSPS) is 14.7. The molecule has 0 aliphatic carbocycles. The van der Waals surface area contributed by atoms with Crippen molar-refractivity contribution in [1.29, 1.82) is 0 Å². The minimum atomic E-state index is -0.407. The standard InChI is InChI=1S/C23H20N4O3S4/c1-14-6-8-15(9-7-14)12-18-21(30)27(23(31)34-18)11-10-19(28)25-26-20(29)13-32-22-24-16-4-2-3-5-17(16)33-22/h2-9,12H,10-11,13H2,1H3,(H,25,28)(H,26,29)/b18-12+. The molecule has 0 unspecified atom stereocenters. The number of amides is 3. The molecule has 0 spiro atoms. The fraction of sp³-hybridized carbons (Fsp3) is 0.174. The Bertz CT molecular complexity index is 1250. The van der Waals surface area contributed by atoms with Crippen LogP contribution in [-0.2, 0) is 14.4 Å². The number of fused-ring (bicyclic) bond motifs is 1. The summed E-state index contributed by atoms with van der Waals surface area (Å²) in [4.78, 5) is 43.3. The van der Waals surface area contributed by atoms with Crippen molar-refractivity contribution in [2.45, 2.75) is 17.7 Å². The maximum atomic E-state index is 12.7. The molecule has 3 amide bonds. The highest BCUT2D eigenvalue weighted by Crippen LogP contribution is 2.32. The van der Waals surface area contributed by atoms with Gasteiger partial charge in [-0.15, -0.1) is 11.3 Å². The molecule has 2 aromatic carbocycles. The third-order valence-corrected chi connectivity index (χ3v) is 8.31. The smallest absolute Gasteiger partial charge is 0.266 e. The van der Waals surface area contributed by atoms with E-state index in [1.54, 1.807) is 6.08 Å². The Morgan fingerprint density at radius 1 is 1.12 bits per heavy atom. The average Bonchev–Trinajstić information content (AvgIpc) is 3.36. The van der Waals surface area contributed by atoms with E-state index >= 15 is 0 Å². The number of hydrogen-bond acceptors (Lipinski definition) is 8. The number of carbonyl (C=O) groups is 3. The van der Waals surface area contributed by atoms with Crippen LogP contribution in [0.5, 0.6) is 0 Å². The minimum Gasteiger partial charge on any atom is -0.292 e. The van der Waals surface area contributed by atoms with E-state index in [4.69, 9.17) is 12.2 Å². The molecule has 1 aromatic heterocycles. The molecule has 7 nitrogen and oxygen atoms in total. The Balaban J connectivity index is 1.21. The van der Waals surface area contributed by atoms with Crippen LogP contribution in [0.1, 0.15) is 17.5 Å². The first-order chi connectivity index (χ1) is 16.4. The lowest BCUT2D eigenvalue weighted by atomic mass is 10.1. The second-order valence-corrected chi connectivity index (χ2v) is 11.3. The van der Waals surface area contributed by atoms with Gasteiger partial charge in [0.1, 0.15) is 4.32 Å². The molecule has 2 heterocycles. The van der Waals surface area contributed by atoms with Crippen LogP contribution in [0.2, 0.25) is 0 Å². The molecule has 1 fully saturated rings. The third-order valence-electron chi connectivity index (χ3n) is 4.75. The number of thiazole rings is 1. The molecule has 1 aliphatic rings. The van der Waals surface area contributed by atoms with Gasteiger partial charge in [-0.1, -0.05) is 77.7 Å². The maximum Gasteiger partial charge on any atom is 0.266 e. The van der Waals surface area contributed by atoms with Gasteiger partial charge in [-0.05, 0) is 30.7 Å². The number of thiocarbonyl (C=S) groups is 1. The Hall–Kier alpha value is -2.73. The highest BCUT2D eigenvalue weighted by Gasteiger charge is 2.32. The Morgan fingerprint density at radius 3 is 2.62 bits per heavy atom. The highest BCUT2D eigenvalue weighted by atomic mass is 32.2. The molecule has 11 heteroatoms. The molecule has 2 N–H and O–H groups in total. The van der Waals surface area contributed by atoms with E-state index < -0.39 is 5.91 Å². The van der Waals surface area contributed by atoms with Crippen LogP contribution in [-0.4, -0.2) is 44.2 Å². The molecule has 174 valence electrons. The summed E-state index contributed by atoms with van der Waals surface area (Å²) in [6.45, 7) is 2.14. The molecule has 34 heavy (non-hydrogen) atoms. The fourth-order valence-electron chi connectivity index (χ4n) is 3.00. The summed E-state index contributed by atoms with van der Waals surface area (Å²) in [6.07, 6.45) is 1.80. The summed E-state index contributed by atoms with van der Waals surface area (Å²) in [5.74, 6) is -0.850. The molecule has 3 aromatic rings. The monoisotopic (exact) mass is 528 g/mol. The van der Waals surface area contributed by atoms with Gasteiger partial charge in [0.2, 0.25) is 11.8 Å². The van der Waals surface area contributed by atoms with Crippen molar-refractivity contribution >= 4 is 85.4 Å². The van der Waals surface area contributed by atoms with Gasteiger partial charge in [0, 0.05) is 13.0 Å². The largest absolute Gasteiger partial charge is 0.292 e. The average molecular weight is 529 g/mol. The lowest BCUT2D eigenvalue weighted by Gasteiger charge is -2.14. The quantitative estimate of drug-likeness (QED) is 0.206. The number of para-hydroxylation sites is 1. The zero-order chi connectivity index (χ0) is 24.1. The van der Waals surface area contributed by atoms with Crippen LogP contribution in [0, 0.1) is 6.92 Å². The van der Waals surface area contributed by atoms with E-state index in [0.717, 1.165) is 25.7 Å². The number of rotatable bonds is 7. The lowest BCUT2D eigenvalue weighted by Crippen LogP contribution is -2.43. The minimum absolute atomic E-state index is 0.00947. The summed E-state index contributed by atoms with van der Waals surface area (Å²) < 4.78 is 2.26. The molecule has 1 saturated heterocycles. The molecule has 4 rings (SSSR count). The van der Waals surface area contributed by atoms with E-state index in [1.807, 2.05) is 55.5 Å². The molecule has 0 atom stereocenters. The van der Waals surface area contributed by atoms with Crippen LogP contribution >= 0.6 is 47.1 Å². The van der Waals surface area contributed by atoms with Crippen LogP contribution in [0.4, 0.5) is 0 Å². The van der Waals surface area contributed by atoms with E-state index in [9.17, 15) is 14.4 Å². The second kappa shape index (κ2) is 11.1. The van der Waals surface area contributed by atoms with Crippen molar-refractivity contribution in [3.63, 3.8) is 0 Å². The molecular formula is C23H20N4O3S4. The van der Waals surface area contributed by atoms with Crippen LogP contribution in [0.25, 0.3) is 16.3 Å². The Labute approximate surface area is 214 Å². The van der Waals surface area contributed by atoms with Crippen molar-refractivity contribution in [3.05, 3.63) is 64.6 Å². The first-order valence-electron chi connectivity index (χ1n) is 10.3. The number of nitrogens with zero attached hydrogens (tertiary/aromatic N) is 2. The molecular weight excluding hydrogens is 509 g/mol. The van der Waals surface area contributed by atoms with Crippen LogP contribution < -0.4 is 10.9 Å². The molecule has 0 radical (unpaired) electrons. The number of carbonyl (C=O) groups excluding carboxylic acids is 3. The summed E-state index contributed by atoms with van der Waals surface area (Å²) in [5, 5.41) is 0. The SMILES string of the molecule is Cc1ccc(/C=C2/SC(=S)N(CCC(=O)NNC(=O)CSc3nc4ccccc4s3)C2=O)cc1. The van der Waals surface area contributed by atoms with Gasteiger partial charge in [0.15, 0.2) is 4.34 Å². The molecule has 0 saturated carbocycles. The third kappa shape index (κ3) is 6.23. The van der Waals surface area contributed by atoms with Crippen molar-refractivity contribution in [3.8, 4) is 0 Å². The number of thioether (sulfide) groups is 2. The lowest BCUT2D eigenvalue weighted by molar-refractivity contribution is -0.128. The summed E-state index contributed by atoms with van der Waals surface area (Å²) in [5.41, 5.74) is 7.72. The number of nitrogens with one attached hydrogen (secondary N) is 2. The Morgan fingerprint density at radius 2 is 1.85 bits per heavy atom. The van der Waals surface area contributed by atoms with Crippen LogP contribution in [0.3, 0.4) is 0 Å². The summed E-state index contributed by atoms with van der Waals surface area (Å²) >= 11 is 9.35. The summed E-state index contributed by atoms with van der Waals surface area (Å²) in [7, 11) is 0. The first kappa shape index (κ1) is 24.4. The fourth-order valence-corrected chi connectivity index (χ4v) is 6.18. The zero-order valence-corrected chi connectivity index (χ0v) is 21.3. The number of hydrogen-bond donors (Lipinski definition) is 2. The van der Waals surface area contributed by atoms with Crippen molar-refractivity contribution in [2.75, 3.05) is 12.3 Å². The number of aryl methyl sites for hydroxylation is 1. The summed E-state index contributed by atoms with van der Waals surface area (Å²) in [6, 6.07) is 15.6. The van der Waals surface area contributed by atoms with Gasteiger partial charge >= 0.3 is 0 Å². The second-order valence-electron chi connectivity index (χ2n) is 7.33. The predicted molar refractivity (Wildman–Crippen MR) is 142 cm³/mol. The first-order valence-corrected chi connectivity index (χ1v) is 13.3. The van der Waals surface area contributed by atoms with Gasteiger partial charge in [-0.2, -0.15) is 0 Å². The Kier molecular flexibility index (Phi) is 7.99. The number of hydrazine groups is 1. The van der Waals surface area contributed by atoms with Gasteiger partial charge in [-0.25, -0.2) is 4.98 Å². The van der Waals surface area contributed by atoms with Gasteiger partial charge in [0.05, 0.1) is 20.9 Å². The van der Waals surface area contributed by atoms with E-state index in [2.05, 4.69) is 15.8 Å². The number of aromatic nitrogens is 1. The van der Waals surface area contributed by atoms with Gasteiger partial charge in [0.25, 0.3) is 5.91 Å². The van der Waals surface area contributed by atoms with Crippen molar-refractivity contribution in [2.24, 2.45) is 0 Å². The molecule has 1 aliphatic heterocycles. The van der Waals surface area contributed by atoms with Crippen molar-refractivity contribution in [1.82, 2.24) is 20.7 Å². The van der Waals surface area contributed by atoms with E-state index in [-0.39, 0.29) is 30.5 Å². The highest BCUT2D eigenvalue weighted by molar-refractivity contribution is 8.26. The van der Waals surface area contributed by atoms with Gasteiger partial charge in [-0.3, -0.25) is 30.1 Å².